The molecule has 1 aliphatic carbocycles. The smallest absolute Gasteiger partial charge is 0.191 e. The SMILES string of the molecule is CC1(C)CC(=O)C2=C(C1)N(c1ccc[nH+]c1)C(N)=C(C#N)C2c1ccc(Cl)cc1Cl. The highest BCUT2D eigenvalue weighted by Gasteiger charge is 2.45. The van der Waals surface area contributed by atoms with Crippen molar-refractivity contribution in [1.29, 1.82) is 5.26 Å². The normalized spacial score (nSPS) is 20.8. The predicted octanol–water partition coefficient (Wildman–Crippen LogP) is 4.75. The van der Waals surface area contributed by atoms with E-state index in [4.69, 9.17) is 28.9 Å². The third-order valence-corrected chi connectivity index (χ3v) is 6.17. The molecule has 0 amide bonds. The monoisotopic (exact) mass is 439 g/mol. The van der Waals surface area contributed by atoms with E-state index < -0.39 is 5.92 Å². The van der Waals surface area contributed by atoms with Gasteiger partial charge in [-0.25, -0.2) is 4.98 Å². The molecule has 30 heavy (non-hydrogen) atoms. The van der Waals surface area contributed by atoms with Crippen LogP contribution < -0.4 is 15.6 Å². The third kappa shape index (κ3) is 3.36. The Labute approximate surface area is 185 Å². The summed E-state index contributed by atoms with van der Waals surface area (Å²) in [5, 5.41) is 10.9. The van der Waals surface area contributed by atoms with Crippen LogP contribution in [0.2, 0.25) is 10.0 Å². The molecule has 4 rings (SSSR count). The third-order valence-electron chi connectivity index (χ3n) is 5.60. The highest BCUT2D eigenvalue weighted by Crippen LogP contribution is 2.51. The van der Waals surface area contributed by atoms with Crippen molar-refractivity contribution in [2.24, 2.45) is 11.1 Å². The summed E-state index contributed by atoms with van der Waals surface area (Å²) in [7, 11) is 0. The van der Waals surface area contributed by atoms with Gasteiger partial charge in [0.05, 0.1) is 17.6 Å². The van der Waals surface area contributed by atoms with Gasteiger partial charge < -0.3 is 5.73 Å². The number of anilines is 1. The average molecular weight is 440 g/mol. The highest BCUT2D eigenvalue weighted by molar-refractivity contribution is 6.35. The topological polar surface area (TPSA) is 84.3 Å². The van der Waals surface area contributed by atoms with Gasteiger partial charge in [0, 0.05) is 33.8 Å². The lowest BCUT2D eigenvalue weighted by Crippen LogP contribution is -2.42. The number of benzene rings is 1. The van der Waals surface area contributed by atoms with Crippen molar-refractivity contribution in [2.75, 3.05) is 4.90 Å². The van der Waals surface area contributed by atoms with E-state index >= 15 is 0 Å². The van der Waals surface area contributed by atoms with E-state index in [0.717, 1.165) is 11.4 Å². The molecule has 1 atom stereocenters. The molecule has 2 aliphatic rings. The zero-order valence-electron chi connectivity index (χ0n) is 16.7. The molecule has 1 aliphatic heterocycles. The minimum absolute atomic E-state index is 0.00225. The lowest BCUT2D eigenvalue weighted by Gasteiger charge is -2.43. The Bertz CT molecular complexity index is 1150. The molecule has 0 saturated heterocycles. The van der Waals surface area contributed by atoms with Crippen molar-refractivity contribution in [3.8, 4) is 6.07 Å². The van der Waals surface area contributed by atoms with Crippen molar-refractivity contribution in [3.63, 3.8) is 0 Å². The van der Waals surface area contributed by atoms with Crippen LogP contribution in [0.25, 0.3) is 0 Å². The quantitative estimate of drug-likeness (QED) is 0.731. The second kappa shape index (κ2) is 7.46. The summed E-state index contributed by atoms with van der Waals surface area (Å²) in [4.78, 5) is 18.3. The first-order chi connectivity index (χ1) is 14.2. The molecule has 152 valence electrons. The fraction of sp³-hybridized carbons (Fsp3) is 0.261. The number of aromatic amines is 1. The van der Waals surface area contributed by atoms with Crippen molar-refractivity contribution < 1.29 is 9.78 Å². The Morgan fingerprint density at radius 3 is 2.67 bits per heavy atom. The zero-order chi connectivity index (χ0) is 21.6. The number of carbonyl (C=O) groups is 1. The van der Waals surface area contributed by atoms with Gasteiger partial charge in [0.1, 0.15) is 11.5 Å². The van der Waals surface area contributed by atoms with Crippen LogP contribution in [0.15, 0.2) is 65.4 Å². The number of allylic oxidation sites excluding steroid dienone is 3. The molecule has 0 spiro atoms. The standard InChI is InChI=1S/C23H20Cl2N4O/c1-23(2)9-18-21(19(30)10-23)20(15-6-5-13(24)8-17(15)25)16(11-26)22(27)29(18)14-4-3-7-28-12-14/h3-8,12,20H,9-10,27H2,1-2H3/p+1. The first kappa shape index (κ1) is 20.5. The number of nitriles is 1. The minimum atomic E-state index is -0.623. The maximum absolute atomic E-state index is 13.4. The molecule has 7 heteroatoms. The van der Waals surface area contributed by atoms with Gasteiger partial charge in [-0.15, -0.1) is 0 Å². The number of Topliss-reactive ketones (excluding diaryl/α,β-unsaturated/α-hetero) is 1. The number of nitrogens with zero attached hydrogens (tertiary/aromatic N) is 2. The molecule has 5 nitrogen and oxygen atoms in total. The van der Waals surface area contributed by atoms with E-state index in [-0.39, 0.29) is 11.2 Å². The number of rotatable bonds is 2. The number of carbonyl (C=O) groups excluding carboxylic acids is 1. The number of halogens is 2. The van der Waals surface area contributed by atoms with Crippen molar-refractivity contribution >= 4 is 34.7 Å². The number of H-pyrrole nitrogens is 1. The number of hydrogen-bond acceptors (Lipinski definition) is 4. The highest BCUT2D eigenvalue weighted by atomic mass is 35.5. The molecule has 1 unspecified atom stereocenters. The molecular weight excluding hydrogens is 419 g/mol. The fourth-order valence-electron chi connectivity index (χ4n) is 4.37. The maximum atomic E-state index is 13.4. The van der Waals surface area contributed by atoms with Gasteiger partial charge >= 0.3 is 0 Å². The summed E-state index contributed by atoms with van der Waals surface area (Å²) in [5.41, 5.74) is 9.44. The summed E-state index contributed by atoms with van der Waals surface area (Å²) in [5.74, 6) is -0.317. The molecule has 0 bridgehead atoms. The Hall–Kier alpha value is -2.81. The molecule has 1 aromatic carbocycles. The Morgan fingerprint density at radius 1 is 1.27 bits per heavy atom. The van der Waals surface area contributed by atoms with Crippen LogP contribution in [-0.2, 0) is 4.79 Å². The Morgan fingerprint density at radius 2 is 2.03 bits per heavy atom. The van der Waals surface area contributed by atoms with E-state index in [2.05, 4.69) is 24.9 Å². The van der Waals surface area contributed by atoms with Crippen LogP contribution in [0.1, 0.15) is 38.2 Å². The fourth-order valence-corrected chi connectivity index (χ4v) is 4.89. The number of hydrogen-bond donors (Lipinski definition) is 1. The van der Waals surface area contributed by atoms with Crippen LogP contribution in [0, 0.1) is 16.7 Å². The van der Waals surface area contributed by atoms with E-state index in [1.54, 1.807) is 30.6 Å². The Kier molecular flexibility index (Phi) is 5.09. The lowest BCUT2D eigenvalue weighted by atomic mass is 9.68. The van der Waals surface area contributed by atoms with Gasteiger partial charge in [-0.1, -0.05) is 43.1 Å². The summed E-state index contributed by atoms with van der Waals surface area (Å²) in [6.07, 6.45) is 4.62. The molecule has 0 saturated carbocycles. The molecule has 0 fully saturated rings. The molecule has 0 radical (unpaired) electrons. The van der Waals surface area contributed by atoms with E-state index in [1.807, 2.05) is 17.0 Å². The summed E-state index contributed by atoms with van der Waals surface area (Å²) in [6, 6.07) is 11.1. The predicted molar refractivity (Wildman–Crippen MR) is 117 cm³/mol. The molecule has 2 aromatic rings. The van der Waals surface area contributed by atoms with E-state index in [1.165, 1.54) is 0 Å². The van der Waals surface area contributed by atoms with E-state index in [0.29, 0.717) is 45.4 Å². The van der Waals surface area contributed by atoms with E-state index in [9.17, 15) is 10.1 Å². The molecule has 1 aromatic heterocycles. The average Bonchev–Trinajstić information content (AvgIpc) is 2.67. The van der Waals surface area contributed by atoms with Crippen LogP contribution in [0.3, 0.4) is 0 Å². The summed E-state index contributed by atoms with van der Waals surface area (Å²) >= 11 is 12.6. The zero-order valence-corrected chi connectivity index (χ0v) is 18.2. The summed E-state index contributed by atoms with van der Waals surface area (Å²) in [6.45, 7) is 4.13. The lowest BCUT2D eigenvalue weighted by molar-refractivity contribution is -0.377. The minimum Gasteiger partial charge on any atom is -0.384 e. The number of nitrogens with one attached hydrogen (secondary N) is 1. The number of ketones is 1. The van der Waals surface area contributed by atoms with Gasteiger partial charge in [-0.3, -0.25) is 9.69 Å². The number of aromatic nitrogens is 1. The van der Waals surface area contributed by atoms with Gasteiger partial charge in [0.25, 0.3) is 0 Å². The number of nitrogens with two attached hydrogens (primary N) is 1. The second-order valence-electron chi connectivity index (χ2n) is 8.41. The summed E-state index contributed by atoms with van der Waals surface area (Å²) < 4.78 is 0. The largest absolute Gasteiger partial charge is 0.384 e. The maximum Gasteiger partial charge on any atom is 0.191 e. The first-order valence-electron chi connectivity index (χ1n) is 9.60. The van der Waals surface area contributed by atoms with Crippen molar-refractivity contribution in [2.45, 2.75) is 32.6 Å². The van der Waals surface area contributed by atoms with Crippen LogP contribution >= 0.6 is 23.2 Å². The van der Waals surface area contributed by atoms with Gasteiger partial charge in [-0.2, -0.15) is 5.26 Å². The number of pyridine rings is 1. The van der Waals surface area contributed by atoms with Crippen molar-refractivity contribution in [3.05, 3.63) is 81.0 Å². The Balaban J connectivity index is 2.02. The van der Waals surface area contributed by atoms with Crippen LogP contribution in [0.4, 0.5) is 5.69 Å². The second-order valence-corrected chi connectivity index (χ2v) is 9.25. The van der Waals surface area contributed by atoms with Gasteiger partial charge in [0.2, 0.25) is 0 Å². The van der Waals surface area contributed by atoms with Crippen molar-refractivity contribution in [1.82, 2.24) is 0 Å². The van der Waals surface area contributed by atoms with Gasteiger partial charge in [-0.05, 0) is 35.6 Å². The molecular formula is C23H21Cl2N4O+. The van der Waals surface area contributed by atoms with Crippen LogP contribution in [-0.4, -0.2) is 5.78 Å². The first-order valence-corrected chi connectivity index (χ1v) is 10.4. The molecule has 3 N–H and O–H groups in total. The molecule has 2 heterocycles. The van der Waals surface area contributed by atoms with Crippen LogP contribution in [0.5, 0.6) is 0 Å². The van der Waals surface area contributed by atoms with Gasteiger partial charge in [0.15, 0.2) is 18.2 Å².